The lowest BCUT2D eigenvalue weighted by atomic mass is 9.92. The Labute approximate surface area is 173 Å². The van der Waals surface area contributed by atoms with Crippen molar-refractivity contribution in [3.05, 3.63) is 42.4 Å². The van der Waals surface area contributed by atoms with Crippen molar-refractivity contribution in [2.75, 3.05) is 18.4 Å². The van der Waals surface area contributed by atoms with Gasteiger partial charge in [0.05, 0.1) is 29.6 Å². The van der Waals surface area contributed by atoms with Crippen LogP contribution in [0.15, 0.2) is 36.8 Å². The van der Waals surface area contributed by atoms with E-state index in [4.69, 9.17) is 4.74 Å². The van der Waals surface area contributed by atoms with Gasteiger partial charge < -0.3 is 20.5 Å². The lowest BCUT2D eigenvalue weighted by Gasteiger charge is -2.31. The average Bonchev–Trinajstić information content (AvgIpc) is 3.13. The maximum atomic E-state index is 10.9. The Hall–Kier alpha value is -3.64. The van der Waals surface area contributed by atoms with Gasteiger partial charge in [0.15, 0.2) is 0 Å². The van der Waals surface area contributed by atoms with Crippen molar-refractivity contribution >= 4 is 17.2 Å². The number of hydrogen-bond donors (Lipinski definition) is 3. The number of aliphatic hydroxyl groups is 1. The summed E-state index contributed by atoms with van der Waals surface area (Å²) in [5, 5.41) is 29.1. The van der Waals surface area contributed by atoms with Crippen LogP contribution in [0.5, 0.6) is 5.75 Å². The van der Waals surface area contributed by atoms with Gasteiger partial charge in [-0.05, 0) is 18.2 Å². The summed E-state index contributed by atoms with van der Waals surface area (Å²) in [6.07, 6.45) is 5.89. The number of carbonyl (C=O) groups excluding carboxylic acids is 1. The van der Waals surface area contributed by atoms with Crippen LogP contribution in [0.4, 0.5) is 5.82 Å². The molecule has 4 rings (SSSR count). The molecule has 154 valence electrons. The third-order valence-electron chi connectivity index (χ3n) is 4.96. The second-order valence-corrected chi connectivity index (χ2v) is 7.26. The van der Waals surface area contributed by atoms with Crippen molar-refractivity contribution in [3.8, 4) is 22.9 Å². The van der Waals surface area contributed by atoms with Crippen molar-refractivity contribution in [2.45, 2.75) is 32.0 Å². The molecular formula is C21H22N6O3. The molecule has 3 heterocycles. The summed E-state index contributed by atoms with van der Waals surface area (Å²) in [4.78, 5) is 15.4. The second kappa shape index (κ2) is 8.39. The van der Waals surface area contributed by atoms with E-state index in [2.05, 4.69) is 26.8 Å². The molecule has 1 saturated carbocycles. The molecule has 3 aromatic heterocycles. The largest absolute Gasteiger partial charge is 0.489 e. The Balaban J connectivity index is 1.59. The zero-order valence-corrected chi connectivity index (χ0v) is 16.5. The molecule has 0 atom stereocenters. The Bertz CT molecular complexity index is 1100. The van der Waals surface area contributed by atoms with Crippen LogP contribution in [0.3, 0.4) is 0 Å². The molecule has 0 aliphatic heterocycles. The van der Waals surface area contributed by atoms with E-state index in [-0.39, 0.29) is 18.1 Å². The summed E-state index contributed by atoms with van der Waals surface area (Å²) in [5.74, 6) is 1.24. The molecule has 30 heavy (non-hydrogen) atoms. The van der Waals surface area contributed by atoms with E-state index in [0.717, 1.165) is 11.1 Å². The zero-order valence-electron chi connectivity index (χ0n) is 16.5. The quantitative estimate of drug-likeness (QED) is 0.510. The fourth-order valence-corrected chi connectivity index (χ4v) is 3.38. The fourth-order valence-electron chi connectivity index (χ4n) is 3.38. The lowest BCUT2D eigenvalue weighted by Crippen LogP contribution is -2.37. The highest BCUT2D eigenvalue weighted by molar-refractivity contribution is 5.85. The molecule has 3 aromatic rings. The Morgan fingerprint density at radius 2 is 2.20 bits per heavy atom. The highest BCUT2D eigenvalue weighted by atomic mass is 16.5. The summed E-state index contributed by atoms with van der Waals surface area (Å²) in [5.41, 5.74) is 2.77. The third kappa shape index (κ3) is 4.18. The number of fused-ring (bicyclic) bond motifs is 1. The fraction of sp³-hybridized carbons (Fsp3) is 0.333. The molecular weight excluding hydrogens is 384 g/mol. The van der Waals surface area contributed by atoms with Gasteiger partial charge in [0.1, 0.15) is 23.7 Å². The van der Waals surface area contributed by atoms with Gasteiger partial charge in [-0.15, -0.1) is 0 Å². The Kier molecular flexibility index (Phi) is 5.50. The molecule has 1 fully saturated rings. The number of hydrogen-bond acceptors (Lipinski definition) is 7. The first-order valence-corrected chi connectivity index (χ1v) is 9.74. The van der Waals surface area contributed by atoms with Crippen molar-refractivity contribution in [2.24, 2.45) is 0 Å². The van der Waals surface area contributed by atoms with Gasteiger partial charge in [-0.3, -0.25) is 4.79 Å². The monoisotopic (exact) mass is 406 g/mol. The minimum atomic E-state index is -0.303. The number of pyridine rings is 2. The van der Waals surface area contributed by atoms with E-state index in [9.17, 15) is 15.2 Å². The Morgan fingerprint density at radius 1 is 1.37 bits per heavy atom. The predicted molar refractivity (Wildman–Crippen MR) is 110 cm³/mol. The Morgan fingerprint density at radius 3 is 2.87 bits per heavy atom. The van der Waals surface area contributed by atoms with E-state index >= 15 is 0 Å². The summed E-state index contributed by atoms with van der Waals surface area (Å²) >= 11 is 0. The second-order valence-electron chi connectivity index (χ2n) is 7.26. The molecule has 0 saturated heterocycles. The van der Waals surface area contributed by atoms with Crippen LogP contribution in [0.2, 0.25) is 0 Å². The molecule has 0 radical (unpaired) electrons. The van der Waals surface area contributed by atoms with Crippen LogP contribution in [0.1, 0.15) is 25.3 Å². The van der Waals surface area contributed by atoms with E-state index in [0.29, 0.717) is 48.6 Å². The number of nitrogens with zero attached hydrogens (tertiary/aromatic N) is 4. The van der Waals surface area contributed by atoms with E-state index in [1.54, 1.807) is 16.9 Å². The standard InChI is InChI=1S/C21H22N6O3/c1-13(28)23-4-5-24-20-3-2-14(10-25-20)19-8-18(30-17-6-16(29)7-17)12-27-21(19)15(9-22)11-26-27/h2-3,8,10-12,16-17,29H,4-7H2,1H3,(H,23,28)(H,24,25)/t16-,17-. The highest BCUT2D eigenvalue weighted by Gasteiger charge is 2.29. The number of nitriles is 1. The van der Waals surface area contributed by atoms with Gasteiger partial charge in [-0.1, -0.05) is 0 Å². The first-order valence-electron chi connectivity index (χ1n) is 9.74. The highest BCUT2D eigenvalue weighted by Crippen LogP contribution is 2.33. The predicted octanol–water partition coefficient (Wildman–Crippen LogP) is 1.72. The molecule has 1 aliphatic carbocycles. The van der Waals surface area contributed by atoms with Crippen molar-refractivity contribution in [1.29, 1.82) is 5.26 Å². The SMILES string of the molecule is CC(=O)NCCNc1ccc(-c2cc(O[C@H]3C[C@H](O)C3)cn3ncc(C#N)c23)cn1. The lowest BCUT2D eigenvalue weighted by molar-refractivity contribution is -0.118. The van der Waals surface area contributed by atoms with Crippen LogP contribution in [-0.4, -0.2) is 50.9 Å². The average molecular weight is 406 g/mol. The van der Waals surface area contributed by atoms with Crippen molar-refractivity contribution in [3.63, 3.8) is 0 Å². The summed E-state index contributed by atoms with van der Waals surface area (Å²) in [6, 6.07) is 7.81. The molecule has 1 amide bonds. The smallest absolute Gasteiger partial charge is 0.216 e. The number of carbonyl (C=O) groups is 1. The maximum Gasteiger partial charge on any atom is 0.216 e. The number of aliphatic hydroxyl groups excluding tert-OH is 1. The maximum absolute atomic E-state index is 10.9. The number of anilines is 1. The molecule has 0 unspecified atom stereocenters. The molecule has 0 bridgehead atoms. The first-order chi connectivity index (χ1) is 14.5. The zero-order chi connectivity index (χ0) is 21.1. The molecule has 9 heteroatoms. The first kappa shape index (κ1) is 19.7. The van der Waals surface area contributed by atoms with E-state index < -0.39 is 0 Å². The molecule has 9 nitrogen and oxygen atoms in total. The number of aromatic nitrogens is 3. The van der Waals surface area contributed by atoms with Crippen LogP contribution < -0.4 is 15.4 Å². The summed E-state index contributed by atoms with van der Waals surface area (Å²) in [7, 11) is 0. The molecule has 0 spiro atoms. The van der Waals surface area contributed by atoms with E-state index in [1.807, 2.05) is 18.2 Å². The van der Waals surface area contributed by atoms with E-state index in [1.165, 1.54) is 13.1 Å². The minimum Gasteiger partial charge on any atom is -0.489 e. The van der Waals surface area contributed by atoms with Crippen LogP contribution in [-0.2, 0) is 4.79 Å². The van der Waals surface area contributed by atoms with Crippen LogP contribution >= 0.6 is 0 Å². The number of ether oxygens (including phenoxy) is 1. The van der Waals surface area contributed by atoms with Gasteiger partial charge in [0.2, 0.25) is 5.91 Å². The van der Waals surface area contributed by atoms with Gasteiger partial charge in [0, 0.05) is 50.2 Å². The third-order valence-corrected chi connectivity index (χ3v) is 4.96. The summed E-state index contributed by atoms with van der Waals surface area (Å²) < 4.78 is 7.61. The number of nitrogens with one attached hydrogen (secondary N) is 2. The number of rotatable bonds is 7. The van der Waals surface area contributed by atoms with Crippen LogP contribution in [0, 0.1) is 11.3 Å². The molecule has 1 aliphatic rings. The normalized spacial score (nSPS) is 17.8. The molecule has 3 N–H and O–H groups in total. The minimum absolute atomic E-state index is 0.0235. The van der Waals surface area contributed by atoms with Crippen molar-refractivity contribution < 1.29 is 14.6 Å². The number of amides is 1. The summed E-state index contributed by atoms with van der Waals surface area (Å²) in [6.45, 7) is 2.55. The van der Waals surface area contributed by atoms with Gasteiger partial charge in [-0.2, -0.15) is 10.4 Å². The topological polar surface area (TPSA) is 125 Å². The van der Waals surface area contributed by atoms with Crippen molar-refractivity contribution in [1.82, 2.24) is 19.9 Å². The molecule has 0 aromatic carbocycles. The van der Waals surface area contributed by atoms with Gasteiger partial charge in [0.25, 0.3) is 0 Å². The van der Waals surface area contributed by atoms with Gasteiger partial charge in [-0.25, -0.2) is 9.50 Å². The van der Waals surface area contributed by atoms with Crippen LogP contribution in [0.25, 0.3) is 16.6 Å². The van der Waals surface area contributed by atoms with Gasteiger partial charge >= 0.3 is 0 Å².